The van der Waals surface area contributed by atoms with Gasteiger partial charge >= 0.3 is 0 Å². The van der Waals surface area contributed by atoms with E-state index in [1.54, 1.807) is 11.0 Å². The fourth-order valence-corrected chi connectivity index (χ4v) is 5.82. The third-order valence-corrected chi connectivity index (χ3v) is 7.01. The van der Waals surface area contributed by atoms with Gasteiger partial charge in [-0.1, -0.05) is 38.1 Å². The summed E-state index contributed by atoms with van der Waals surface area (Å²) in [5.41, 5.74) is 2.11. The van der Waals surface area contributed by atoms with Crippen molar-refractivity contribution in [2.75, 3.05) is 26.9 Å². The Bertz CT molecular complexity index is 938. The van der Waals surface area contributed by atoms with Crippen molar-refractivity contribution in [1.82, 2.24) is 14.1 Å². The Hall–Kier alpha value is -2.19. The second-order valence-corrected chi connectivity index (χ2v) is 10.7. The van der Waals surface area contributed by atoms with Crippen LogP contribution in [0.4, 0.5) is 0 Å². The molecule has 2 fully saturated rings. The van der Waals surface area contributed by atoms with Crippen LogP contribution in [-0.2, 0) is 26.2 Å². The molecule has 3 atom stereocenters. The first-order chi connectivity index (χ1) is 14.0. The summed E-state index contributed by atoms with van der Waals surface area (Å²) in [6, 6.07) is 7.12. The van der Waals surface area contributed by atoms with Crippen molar-refractivity contribution < 1.29 is 18.0 Å². The van der Waals surface area contributed by atoms with E-state index >= 15 is 0 Å². The summed E-state index contributed by atoms with van der Waals surface area (Å²) in [5, 5.41) is 0. The Balaban J connectivity index is 1.78. The van der Waals surface area contributed by atoms with Gasteiger partial charge in [0.2, 0.25) is 21.8 Å². The highest BCUT2D eigenvalue weighted by atomic mass is 32.2. The zero-order valence-corrected chi connectivity index (χ0v) is 19.1. The van der Waals surface area contributed by atoms with Crippen LogP contribution in [-0.4, -0.2) is 73.3 Å². The number of carbonyl (C=O) groups is 2. The summed E-state index contributed by atoms with van der Waals surface area (Å²) in [4.78, 5) is 29.6. The Labute approximate surface area is 179 Å². The third-order valence-electron chi connectivity index (χ3n) is 5.85. The van der Waals surface area contributed by atoms with Gasteiger partial charge in [-0.2, -0.15) is 0 Å². The van der Waals surface area contributed by atoms with Crippen molar-refractivity contribution >= 4 is 27.9 Å². The monoisotopic (exact) mass is 433 g/mol. The van der Waals surface area contributed by atoms with E-state index in [9.17, 15) is 18.0 Å². The number of nitrogens with zero attached hydrogens (tertiary/aromatic N) is 3. The average Bonchev–Trinajstić information content (AvgIpc) is 3.15. The highest BCUT2D eigenvalue weighted by Crippen LogP contribution is 2.41. The molecule has 1 aromatic rings. The van der Waals surface area contributed by atoms with E-state index in [-0.39, 0.29) is 17.7 Å². The van der Waals surface area contributed by atoms with Crippen LogP contribution in [0.25, 0.3) is 6.08 Å². The van der Waals surface area contributed by atoms with Crippen LogP contribution in [0.2, 0.25) is 0 Å². The molecule has 1 aromatic carbocycles. The lowest BCUT2D eigenvalue weighted by atomic mass is 9.88. The number of carbonyl (C=O) groups excluding carboxylic acids is 2. The minimum Gasteiger partial charge on any atom is -0.333 e. The number of likely N-dealkylation sites (tertiary alicyclic amines) is 1. The summed E-state index contributed by atoms with van der Waals surface area (Å²) >= 11 is 0. The molecule has 3 rings (SSSR count). The first kappa shape index (κ1) is 22.5. The van der Waals surface area contributed by atoms with Gasteiger partial charge in [0.15, 0.2) is 0 Å². The molecule has 0 bridgehead atoms. The number of sulfonamides is 1. The predicted octanol–water partition coefficient (Wildman–Crippen LogP) is 1.80. The molecule has 2 aliphatic heterocycles. The van der Waals surface area contributed by atoms with Crippen LogP contribution in [0.3, 0.4) is 0 Å². The Morgan fingerprint density at radius 3 is 2.40 bits per heavy atom. The van der Waals surface area contributed by atoms with Crippen LogP contribution in [0.5, 0.6) is 0 Å². The molecule has 8 heteroatoms. The van der Waals surface area contributed by atoms with Gasteiger partial charge in [0.1, 0.15) is 0 Å². The van der Waals surface area contributed by atoms with E-state index in [0.717, 1.165) is 22.7 Å². The highest BCUT2D eigenvalue weighted by molar-refractivity contribution is 7.88. The van der Waals surface area contributed by atoms with Crippen LogP contribution < -0.4 is 0 Å². The number of benzene rings is 1. The van der Waals surface area contributed by atoms with Gasteiger partial charge in [-0.25, -0.2) is 12.7 Å². The molecule has 30 heavy (non-hydrogen) atoms. The SMILES string of the molecule is CC(C)[C@H]1C(=O)N(S(C)(=O)=O)[C@H]2CCN(C(=O)C=Cc3ccc(CN(C)C)cc3)[C@H]12. The smallest absolute Gasteiger partial charge is 0.246 e. The van der Waals surface area contributed by atoms with Crippen molar-refractivity contribution in [3.05, 3.63) is 41.5 Å². The summed E-state index contributed by atoms with van der Waals surface area (Å²) in [6.45, 7) is 5.10. The minimum absolute atomic E-state index is 0.0571. The second-order valence-electron chi connectivity index (χ2n) is 8.86. The van der Waals surface area contributed by atoms with Gasteiger partial charge in [0, 0.05) is 19.2 Å². The summed E-state index contributed by atoms with van der Waals surface area (Å²) in [6.07, 6.45) is 4.83. The predicted molar refractivity (Wildman–Crippen MR) is 117 cm³/mol. The molecule has 0 unspecified atom stereocenters. The number of hydrogen-bond donors (Lipinski definition) is 0. The topological polar surface area (TPSA) is 78.0 Å². The molecule has 0 spiro atoms. The van der Waals surface area contributed by atoms with Gasteiger partial charge in [-0.3, -0.25) is 9.59 Å². The molecule has 0 aromatic heterocycles. The van der Waals surface area contributed by atoms with Gasteiger partial charge in [0.25, 0.3) is 0 Å². The lowest BCUT2D eigenvalue weighted by Gasteiger charge is -2.28. The van der Waals surface area contributed by atoms with Crippen molar-refractivity contribution in [2.24, 2.45) is 11.8 Å². The molecule has 2 saturated heterocycles. The molecular formula is C22H31N3O4S. The summed E-state index contributed by atoms with van der Waals surface area (Å²) < 4.78 is 25.5. The van der Waals surface area contributed by atoms with E-state index in [1.807, 2.05) is 52.2 Å². The molecule has 2 heterocycles. The van der Waals surface area contributed by atoms with E-state index in [2.05, 4.69) is 4.90 Å². The Morgan fingerprint density at radius 2 is 1.87 bits per heavy atom. The lowest BCUT2D eigenvalue weighted by Crippen LogP contribution is -2.43. The van der Waals surface area contributed by atoms with Crippen molar-refractivity contribution in [3.8, 4) is 0 Å². The Morgan fingerprint density at radius 1 is 1.23 bits per heavy atom. The first-order valence-corrected chi connectivity index (χ1v) is 12.1. The van der Waals surface area contributed by atoms with Crippen LogP contribution in [0, 0.1) is 11.8 Å². The number of amides is 2. The first-order valence-electron chi connectivity index (χ1n) is 10.3. The number of hydrogen-bond acceptors (Lipinski definition) is 5. The molecule has 0 saturated carbocycles. The summed E-state index contributed by atoms with van der Waals surface area (Å²) in [5.74, 6) is -1.14. The molecule has 164 valence electrons. The number of rotatable bonds is 6. The molecule has 0 aliphatic carbocycles. The number of fused-ring (bicyclic) bond motifs is 1. The molecule has 2 aliphatic rings. The normalized spacial score (nSPS) is 24.5. The van der Waals surface area contributed by atoms with Crippen LogP contribution in [0.15, 0.2) is 30.3 Å². The second kappa shape index (κ2) is 8.51. The van der Waals surface area contributed by atoms with Gasteiger partial charge in [-0.05, 0) is 43.6 Å². The largest absolute Gasteiger partial charge is 0.333 e. The molecule has 2 amide bonds. The maximum atomic E-state index is 13.0. The van der Waals surface area contributed by atoms with E-state index < -0.39 is 28.0 Å². The van der Waals surface area contributed by atoms with Gasteiger partial charge in [0.05, 0.1) is 24.3 Å². The minimum atomic E-state index is -3.67. The molecule has 7 nitrogen and oxygen atoms in total. The zero-order chi connectivity index (χ0) is 22.2. The van der Waals surface area contributed by atoms with Gasteiger partial charge < -0.3 is 9.80 Å². The van der Waals surface area contributed by atoms with E-state index in [4.69, 9.17) is 0 Å². The van der Waals surface area contributed by atoms with Crippen molar-refractivity contribution in [1.29, 1.82) is 0 Å². The standard InChI is InChI=1S/C22H31N3O4S/c1-15(2)20-21-18(25(22(20)27)30(5,28)29)12-13-24(21)19(26)11-10-16-6-8-17(9-7-16)14-23(3)4/h6-11,15,18,20-21H,12-14H2,1-5H3/t18-,20+,21-/m0/s1. The molecule has 0 radical (unpaired) electrons. The zero-order valence-electron chi connectivity index (χ0n) is 18.3. The maximum Gasteiger partial charge on any atom is 0.246 e. The van der Waals surface area contributed by atoms with E-state index in [0.29, 0.717) is 13.0 Å². The van der Waals surface area contributed by atoms with Crippen molar-refractivity contribution in [2.45, 2.75) is 38.9 Å². The van der Waals surface area contributed by atoms with Crippen LogP contribution in [0.1, 0.15) is 31.4 Å². The van der Waals surface area contributed by atoms with E-state index in [1.165, 1.54) is 11.6 Å². The average molecular weight is 434 g/mol. The summed E-state index contributed by atoms with van der Waals surface area (Å²) in [7, 11) is 0.360. The maximum absolute atomic E-state index is 13.0. The highest BCUT2D eigenvalue weighted by Gasteiger charge is 2.58. The fraction of sp³-hybridized carbons (Fsp3) is 0.545. The fourth-order valence-electron chi connectivity index (χ4n) is 4.65. The molecular weight excluding hydrogens is 402 g/mol. The Kier molecular flexibility index (Phi) is 6.38. The third kappa shape index (κ3) is 4.44. The lowest BCUT2D eigenvalue weighted by molar-refractivity contribution is -0.131. The quantitative estimate of drug-likeness (QED) is 0.640. The van der Waals surface area contributed by atoms with Gasteiger partial charge in [-0.15, -0.1) is 0 Å². The van der Waals surface area contributed by atoms with Crippen molar-refractivity contribution in [3.63, 3.8) is 0 Å². The van der Waals surface area contributed by atoms with Crippen LogP contribution >= 0.6 is 0 Å². The molecule has 0 N–H and O–H groups in total.